The Labute approximate surface area is 234 Å². The second-order valence-corrected chi connectivity index (χ2v) is 11.6. The molecule has 2 aliphatic heterocycles. The van der Waals surface area contributed by atoms with Gasteiger partial charge in [0.15, 0.2) is 0 Å². The topological polar surface area (TPSA) is 62.3 Å². The average Bonchev–Trinajstić information content (AvgIpc) is 3.64. The van der Waals surface area contributed by atoms with Crippen LogP contribution in [0.3, 0.4) is 0 Å². The molecule has 2 atom stereocenters. The third kappa shape index (κ3) is 6.22. The fourth-order valence-electron chi connectivity index (χ4n) is 5.67. The first-order valence-electron chi connectivity index (χ1n) is 13.4. The Morgan fingerprint density at radius 2 is 1.63 bits per heavy atom. The number of ether oxygens (including phenoxy) is 2. The Morgan fingerprint density at radius 1 is 0.947 bits per heavy atom. The average molecular weight is 561 g/mol. The van der Waals surface area contributed by atoms with Crippen LogP contribution in [0.25, 0.3) is 0 Å². The van der Waals surface area contributed by atoms with Crippen molar-refractivity contribution in [2.24, 2.45) is 11.8 Å². The van der Waals surface area contributed by atoms with Gasteiger partial charge in [0.25, 0.3) is 0 Å². The van der Waals surface area contributed by atoms with E-state index < -0.39 is 6.09 Å². The van der Waals surface area contributed by atoms with Gasteiger partial charge in [-0.3, -0.25) is 4.79 Å². The van der Waals surface area contributed by atoms with E-state index >= 15 is 0 Å². The minimum atomic E-state index is -0.479. The fourth-order valence-corrected chi connectivity index (χ4v) is 5.97. The predicted octanol–water partition coefficient (Wildman–Crippen LogP) is 5.55. The van der Waals surface area contributed by atoms with E-state index in [0.717, 1.165) is 37.4 Å². The quantitative estimate of drug-likeness (QED) is 0.445. The summed E-state index contributed by atoms with van der Waals surface area (Å²) in [6, 6.07) is 12.2. The lowest BCUT2D eigenvalue weighted by Gasteiger charge is -2.33. The summed E-state index contributed by atoms with van der Waals surface area (Å²) >= 11 is 12.5. The minimum absolute atomic E-state index is 0.0233. The van der Waals surface area contributed by atoms with Gasteiger partial charge in [0, 0.05) is 38.5 Å². The van der Waals surface area contributed by atoms with Gasteiger partial charge in [-0.1, -0.05) is 29.3 Å². The highest BCUT2D eigenvalue weighted by molar-refractivity contribution is 6.42. The number of hydrogen-bond acceptors (Lipinski definition) is 5. The maximum absolute atomic E-state index is 13.6. The molecule has 3 aliphatic rings. The first-order valence-corrected chi connectivity index (χ1v) is 14.1. The van der Waals surface area contributed by atoms with Gasteiger partial charge < -0.3 is 24.2 Å². The summed E-state index contributed by atoms with van der Waals surface area (Å²) in [7, 11) is 3.31. The smallest absolute Gasteiger partial charge is 0.415 e. The second-order valence-electron chi connectivity index (χ2n) is 10.8. The lowest BCUT2D eigenvalue weighted by Crippen LogP contribution is -2.45. The number of likely N-dealkylation sites (N-methyl/N-ethyl adjacent to an activating group) is 1. The number of carbonyl (C=O) groups excluding carboxylic acids is 2. The summed E-state index contributed by atoms with van der Waals surface area (Å²) in [6.45, 7) is 4.10. The molecule has 1 aliphatic carbocycles. The van der Waals surface area contributed by atoms with E-state index in [1.807, 2.05) is 17.0 Å². The maximum Gasteiger partial charge on any atom is 0.415 e. The highest BCUT2D eigenvalue weighted by Crippen LogP contribution is 2.36. The van der Waals surface area contributed by atoms with Crippen molar-refractivity contribution in [2.75, 3.05) is 46.9 Å². The third-order valence-corrected chi connectivity index (χ3v) is 8.91. The molecule has 5 rings (SSSR count). The van der Waals surface area contributed by atoms with Gasteiger partial charge >= 0.3 is 6.09 Å². The minimum Gasteiger partial charge on any atom is -0.497 e. The van der Waals surface area contributed by atoms with Crippen LogP contribution >= 0.6 is 23.2 Å². The standard InChI is InChI=1S/C29H35Cl2N3O4/c1-32(29(36)38-23-8-6-22(37-2)7-9-23)27-18-34(17-24(27)21-5-10-25(30)26(31)15-21)28(35)20-11-13-33(14-12-20)16-19-3-4-19/h5-10,15,19-20,24,27H,3-4,11-14,16-18H2,1-2H3/t24-,27?/m1/s1. The SMILES string of the molecule is COc1ccc(OC(=O)N(C)C2CN(C(=O)C3CCN(CC4CC4)CC3)C[C@@H]2c2ccc(Cl)c(Cl)c2)cc1. The summed E-state index contributed by atoms with van der Waals surface area (Å²) in [5, 5.41) is 0.933. The Morgan fingerprint density at radius 3 is 2.26 bits per heavy atom. The number of nitrogens with zero attached hydrogens (tertiary/aromatic N) is 3. The normalized spacial score (nSPS) is 22.4. The number of likely N-dealkylation sites (tertiary alicyclic amines) is 2. The summed E-state index contributed by atoms with van der Waals surface area (Å²) < 4.78 is 10.8. The zero-order valence-corrected chi connectivity index (χ0v) is 23.5. The van der Waals surface area contributed by atoms with Crippen LogP contribution in [-0.2, 0) is 4.79 Å². The molecule has 2 heterocycles. The lowest BCUT2D eigenvalue weighted by atomic mass is 9.93. The number of halogens is 2. The number of piperidine rings is 1. The zero-order valence-electron chi connectivity index (χ0n) is 21.9. The van der Waals surface area contributed by atoms with Crippen molar-refractivity contribution in [3.05, 3.63) is 58.1 Å². The number of amides is 2. The van der Waals surface area contributed by atoms with E-state index in [1.54, 1.807) is 49.4 Å². The molecule has 1 unspecified atom stereocenters. The van der Waals surface area contributed by atoms with Crippen LogP contribution in [0.1, 0.15) is 37.2 Å². The summed E-state index contributed by atoms with van der Waals surface area (Å²) in [5.74, 6) is 2.06. The Hall–Kier alpha value is -2.48. The van der Waals surface area contributed by atoms with E-state index in [2.05, 4.69) is 4.90 Å². The Kier molecular flexibility index (Phi) is 8.36. The largest absolute Gasteiger partial charge is 0.497 e. The highest BCUT2D eigenvalue weighted by Gasteiger charge is 2.42. The van der Waals surface area contributed by atoms with E-state index in [4.69, 9.17) is 32.7 Å². The van der Waals surface area contributed by atoms with Crippen LogP contribution in [-0.4, -0.2) is 79.6 Å². The highest BCUT2D eigenvalue weighted by atomic mass is 35.5. The molecular formula is C29H35Cl2N3O4. The molecule has 7 nitrogen and oxygen atoms in total. The summed E-state index contributed by atoms with van der Waals surface area (Å²) in [6.07, 6.45) is 3.99. The first kappa shape index (κ1) is 27.1. The molecule has 2 amide bonds. The molecule has 1 saturated carbocycles. The molecule has 0 radical (unpaired) electrons. The molecule has 0 aromatic heterocycles. The molecule has 0 spiro atoms. The van der Waals surface area contributed by atoms with E-state index in [0.29, 0.717) is 34.6 Å². The molecule has 2 aromatic rings. The van der Waals surface area contributed by atoms with Crippen molar-refractivity contribution in [1.82, 2.24) is 14.7 Å². The van der Waals surface area contributed by atoms with Crippen molar-refractivity contribution in [1.29, 1.82) is 0 Å². The number of rotatable bonds is 7. The predicted molar refractivity (Wildman–Crippen MR) is 148 cm³/mol. The van der Waals surface area contributed by atoms with Gasteiger partial charge in [-0.25, -0.2) is 4.79 Å². The van der Waals surface area contributed by atoms with Gasteiger partial charge in [0.2, 0.25) is 5.91 Å². The molecule has 204 valence electrons. The first-order chi connectivity index (χ1) is 18.3. The second kappa shape index (κ2) is 11.7. The molecule has 2 saturated heterocycles. The molecule has 0 N–H and O–H groups in total. The molecule has 3 fully saturated rings. The van der Waals surface area contributed by atoms with Gasteiger partial charge in [0.05, 0.1) is 23.2 Å². The molecule has 0 bridgehead atoms. The summed E-state index contributed by atoms with van der Waals surface area (Å²) in [4.78, 5) is 32.9. The van der Waals surface area contributed by atoms with Crippen LogP contribution < -0.4 is 9.47 Å². The van der Waals surface area contributed by atoms with Crippen LogP contribution in [0.4, 0.5) is 4.79 Å². The fraction of sp³-hybridized carbons (Fsp3) is 0.517. The van der Waals surface area contributed by atoms with Crippen LogP contribution in [0.5, 0.6) is 11.5 Å². The van der Waals surface area contributed by atoms with Crippen LogP contribution in [0.15, 0.2) is 42.5 Å². The Balaban J connectivity index is 1.29. The van der Waals surface area contributed by atoms with Crippen molar-refractivity contribution < 1.29 is 19.1 Å². The Bertz CT molecular complexity index is 1150. The maximum atomic E-state index is 13.6. The number of benzene rings is 2. The number of carbonyl (C=O) groups is 2. The van der Waals surface area contributed by atoms with E-state index in [9.17, 15) is 9.59 Å². The molecular weight excluding hydrogens is 525 g/mol. The summed E-state index contributed by atoms with van der Waals surface area (Å²) in [5.41, 5.74) is 0.947. The third-order valence-electron chi connectivity index (χ3n) is 8.17. The van der Waals surface area contributed by atoms with Gasteiger partial charge in [-0.2, -0.15) is 0 Å². The van der Waals surface area contributed by atoms with Gasteiger partial charge in [0.1, 0.15) is 11.5 Å². The van der Waals surface area contributed by atoms with E-state index in [1.165, 1.54) is 19.4 Å². The lowest BCUT2D eigenvalue weighted by molar-refractivity contribution is -0.136. The van der Waals surface area contributed by atoms with Crippen LogP contribution in [0, 0.1) is 11.8 Å². The molecule has 38 heavy (non-hydrogen) atoms. The molecule has 2 aromatic carbocycles. The zero-order chi connectivity index (χ0) is 26.8. The van der Waals surface area contributed by atoms with Crippen molar-refractivity contribution in [3.63, 3.8) is 0 Å². The number of methoxy groups -OCH3 is 1. The number of hydrogen-bond donors (Lipinski definition) is 0. The van der Waals surface area contributed by atoms with Crippen molar-refractivity contribution in [3.8, 4) is 11.5 Å². The monoisotopic (exact) mass is 559 g/mol. The molecule has 9 heteroatoms. The van der Waals surface area contributed by atoms with Crippen LogP contribution in [0.2, 0.25) is 10.0 Å². The van der Waals surface area contributed by atoms with Crippen molar-refractivity contribution in [2.45, 2.75) is 37.6 Å². The van der Waals surface area contributed by atoms with E-state index in [-0.39, 0.29) is 23.8 Å². The van der Waals surface area contributed by atoms with Crippen molar-refractivity contribution >= 4 is 35.2 Å². The van der Waals surface area contributed by atoms with Gasteiger partial charge in [-0.05, 0) is 86.7 Å². The van der Waals surface area contributed by atoms with Gasteiger partial charge in [-0.15, -0.1) is 0 Å².